The van der Waals surface area contributed by atoms with Crippen LogP contribution in [0.3, 0.4) is 0 Å². The zero-order valence-electron chi connectivity index (χ0n) is 9.66. The van der Waals surface area contributed by atoms with E-state index in [4.69, 9.17) is 4.74 Å². The largest absolute Gasteiger partial charge is 0.372 e. The number of rotatable bonds is 5. The number of benzene rings is 1. The molecule has 0 aliphatic heterocycles. The third-order valence-electron chi connectivity index (χ3n) is 2.31. The highest BCUT2D eigenvalue weighted by atomic mass is 79.9. The van der Waals surface area contributed by atoms with Crippen molar-refractivity contribution in [3.05, 3.63) is 35.4 Å². The minimum absolute atomic E-state index is 0.175. The molecule has 1 atom stereocenters. The minimum atomic E-state index is 0.175. The van der Waals surface area contributed by atoms with Crippen LogP contribution < -0.4 is 0 Å². The second-order valence-corrected chi connectivity index (χ2v) is 4.87. The highest BCUT2D eigenvalue weighted by molar-refractivity contribution is 9.09. The van der Waals surface area contributed by atoms with Gasteiger partial charge >= 0.3 is 0 Å². The lowest BCUT2D eigenvalue weighted by atomic mass is 10.0. The Morgan fingerprint density at radius 2 is 1.93 bits per heavy atom. The highest BCUT2D eigenvalue weighted by Gasteiger charge is 2.12. The van der Waals surface area contributed by atoms with Crippen molar-refractivity contribution in [3.63, 3.8) is 0 Å². The topological polar surface area (TPSA) is 9.23 Å². The summed E-state index contributed by atoms with van der Waals surface area (Å²) >= 11 is 3.51. The molecule has 1 unspecified atom stereocenters. The van der Waals surface area contributed by atoms with Crippen LogP contribution in [-0.4, -0.2) is 11.9 Å². The summed E-state index contributed by atoms with van der Waals surface area (Å²) in [6.07, 6.45) is 0.175. The molecule has 0 radical (unpaired) electrons. The van der Waals surface area contributed by atoms with Gasteiger partial charge in [-0.2, -0.15) is 0 Å². The first-order chi connectivity index (χ1) is 7.15. The molecule has 0 aliphatic carbocycles. The quantitative estimate of drug-likeness (QED) is 0.732. The third-order valence-corrected chi connectivity index (χ3v) is 2.89. The van der Waals surface area contributed by atoms with Gasteiger partial charge in [0.05, 0.1) is 6.10 Å². The maximum atomic E-state index is 5.87. The lowest BCUT2D eigenvalue weighted by Gasteiger charge is -2.19. The standard InChI is InChI=1S/C13H19BrO/c1-10(2)9-15-13(8-14)12-7-5-4-6-11(12)3/h4-7,10,13H,8-9H2,1-3H3. The summed E-state index contributed by atoms with van der Waals surface area (Å²) in [7, 11) is 0. The van der Waals surface area contributed by atoms with Crippen molar-refractivity contribution in [1.29, 1.82) is 0 Å². The minimum Gasteiger partial charge on any atom is -0.372 e. The molecule has 0 saturated heterocycles. The van der Waals surface area contributed by atoms with Crippen LogP contribution in [0.4, 0.5) is 0 Å². The summed E-state index contributed by atoms with van der Waals surface area (Å²) < 4.78 is 5.87. The second kappa shape index (κ2) is 6.29. The van der Waals surface area contributed by atoms with Crippen molar-refractivity contribution in [3.8, 4) is 0 Å². The summed E-state index contributed by atoms with van der Waals surface area (Å²) in [4.78, 5) is 0. The Kier molecular flexibility index (Phi) is 5.34. The summed E-state index contributed by atoms with van der Waals surface area (Å²) in [5, 5.41) is 0.852. The molecular weight excluding hydrogens is 252 g/mol. The molecule has 0 heterocycles. The van der Waals surface area contributed by atoms with E-state index in [1.807, 2.05) is 0 Å². The molecule has 0 aliphatic rings. The van der Waals surface area contributed by atoms with Crippen LogP contribution in [-0.2, 0) is 4.74 Å². The smallest absolute Gasteiger partial charge is 0.0924 e. The van der Waals surface area contributed by atoms with E-state index in [0.29, 0.717) is 5.92 Å². The number of ether oxygens (including phenoxy) is 1. The van der Waals surface area contributed by atoms with Crippen molar-refractivity contribution in [2.75, 3.05) is 11.9 Å². The molecule has 1 aromatic rings. The van der Waals surface area contributed by atoms with Crippen molar-refractivity contribution >= 4 is 15.9 Å². The van der Waals surface area contributed by atoms with Gasteiger partial charge < -0.3 is 4.74 Å². The average molecular weight is 271 g/mol. The third kappa shape index (κ3) is 3.96. The molecule has 0 bridgehead atoms. The van der Waals surface area contributed by atoms with Gasteiger partial charge in [-0.25, -0.2) is 0 Å². The fraction of sp³-hybridized carbons (Fsp3) is 0.538. The summed E-state index contributed by atoms with van der Waals surface area (Å²) in [6.45, 7) is 7.28. The number of aryl methyl sites for hydroxylation is 1. The van der Waals surface area contributed by atoms with Gasteiger partial charge in [0.2, 0.25) is 0 Å². The van der Waals surface area contributed by atoms with E-state index in [-0.39, 0.29) is 6.10 Å². The monoisotopic (exact) mass is 270 g/mol. The van der Waals surface area contributed by atoms with Crippen molar-refractivity contribution < 1.29 is 4.74 Å². The zero-order chi connectivity index (χ0) is 11.3. The van der Waals surface area contributed by atoms with Crippen LogP contribution in [0.15, 0.2) is 24.3 Å². The van der Waals surface area contributed by atoms with Crippen molar-refractivity contribution in [1.82, 2.24) is 0 Å². The molecule has 84 valence electrons. The van der Waals surface area contributed by atoms with Crippen LogP contribution >= 0.6 is 15.9 Å². The number of alkyl halides is 1. The molecule has 0 spiro atoms. The molecule has 1 nitrogen and oxygen atoms in total. The van der Waals surface area contributed by atoms with Gasteiger partial charge in [0.15, 0.2) is 0 Å². The molecular formula is C13H19BrO. The van der Waals surface area contributed by atoms with Crippen LogP contribution in [0.2, 0.25) is 0 Å². The first kappa shape index (κ1) is 12.7. The fourth-order valence-electron chi connectivity index (χ4n) is 1.47. The van der Waals surface area contributed by atoms with Gasteiger partial charge in [-0.05, 0) is 24.0 Å². The zero-order valence-corrected chi connectivity index (χ0v) is 11.3. The summed E-state index contributed by atoms with van der Waals surface area (Å²) in [5.41, 5.74) is 2.58. The molecule has 1 rings (SSSR count). The Morgan fingerprint density at radius 3 is 2.47 bits per heavy atom. The molecule has 15 heavy (non-hydrogen) atoms. The van der Waals surface area contributed by atoms with E-state index in [2.05, 4.69) is 61.0 Å². The van der Waals surface area contributed by atoms with Gasteiger partial charge in [0.1, 0.15) is 0 Å². The lowest BCUT2D eigenvalue weighted by Crippen LogP contribution is -2.11. The first-order valence-corrected chi connectivity index (χ1v) is 6.50. The number of hydrogen-bond donors (Lipinski definition) is 0. The Balaban J connectivity index is 2.70. The van der Waals surface area contributed by atoms with E-state index < -0.39 is 0 Å². The maximum Gasteiger partial charge on any atom is 0.0924 e. The van der Waals surface area contributed by atoms with E-state index in [1.54, 1.807) is 0 Å². The molecule has 0 fully saturated rings. The SMILES string of the molecule is Cc1ccccc1C(CBr)OCC(C)C. The maximum absolute atomic E-state index is 5.87. The van der Waals surface area contributed by atoms with Crippen molar-refractivity contribution in [2.24, 2.45) is 5.92 Å². The molecule has 0 amide bonds. The summed E-state index contributed by atoms with van der Waals surface area (Å²) in [5.74, 6) is 0.579. The normalized spacial score (nSPS) is 13.1. The molecule has 0 N–H and O–H groups in total. The van der Waals surface area contributed by atoms with Crippen LogP contribution in [0.25, 0.3) is 0 Å². The molecule has 2 heteroatoms. The van der Waals surface area contributed by atoms with E-state index in [0.717, 1.165) is 11.9 Å². The van der Waals surface area contributed by atoms with Crippen LogP contribution in [0, 0.1) is 12.8 Å². The van der Waals surface area contributed by atoms with E-state index in [9.17, 15) is 0 Å². The predicted molar refractivity (Wildman–Crippen MR) is 68.5 cm³/mol. The van der Waals surface area contributed by atoms with Crippen molar-refractivity contribution in [2.45, 2.75) is 26.9 Å². The lowest BCUT2D eigenvalue weighted by molar-refractivity contribution is 0.0504. The van der Waals surface area contributed by atoms with Gasteiger partial charge in [0, 0.05) is 11.9 Å². The Bertz CT molecular complexity index is 296. The predicted octanol–water partition coefficient (Wildman–Crippen LogP) is 4.10. The fourth-order valence-corrected chi connectivity index (χ4v) is 2.01. The Morgan fingerprint density at radius 1 is 1.27 bits per heavy atom. The second-order valence-electron chi connectivity index (χ2n) is 4.23. The van der Waals surface area contributed by atoms with E-state index >= 15 is 0 Å². The van der Waals surface area contributed by atoms with E-state index in [1.165, 1.54) is 11.1 Å². The number of halogens is 1. The molecule has 0 aromatic heterocycles. The first-order valence-electron chi connectivity index (χ1n) is 5.38. The van der Waals surface area contributed by atoms with Gasteiger partial charge in [-0.1, -0.05) is 54.0 Å². The molecule has 0 saturated carbocycles. The summed E-state index contributed by atoms with van der Waals surface area (Å²) in [6, 6.07) is 8.40. The highest BCUT2D eigenvalue weighted by Crippen LogP contribution is 2.23. The average Bonchev–Trinajstić information content (AvgIpc) is 2.21. The molecule has 1 aromatic carbocycles. The Labute approximate surface area is 101 Å². The Hall–Kier alpha value is -0.340. The van der Waals surface area contributed by atoms with Crippen LogP contribution in [0.5, 0.6) is 0 Å². The van der Waals surface area contributed by atoms with Gasteiger partial charge in [-0.15, -0.1) is 0 Å². The van der Waals surface area contributed by atoms with Crippen LogP contribution in [0.1, 0.15) is 31.1 Å². The van der Waals surface area contributed by atoms with Gasteiger partial charge in [0.25, 0.3) is 0 Å². The van der Waals surface area contributed by atoms with Gasteiger partial charge in [-0.3, -0.25) is 0 Å². The number of hydrogen-bond acceptors (Lipinski definition) is 1.